The van der Waals surface area contributed by atoms with Gasteiger partial charge >= 0.3 is 0 Å². The standard InChI is InChI=1S/C12H16FN/c1-4-7-14-10(3)11-6-5-9(2)12(13)8-11/h4-6,8,10,14H,1,7H2,2-3H3. The first-order chi connectivity index (χ1) is 6.65. The Morgan fingerprint density at radius 2 is 2.29 bits per heavy atom. The van der Waals surface area contributed by atoms with E-state index >= 15 is 0 Å². The van der Waals surface area contributed by atoms with Gasteiger partial charge in [0.1, 0.15) is 5.82 Å². The van der Waals surface area contributed by atoms with Gasteiger partial charge in [-0.05, 0) is 31.0 Å². The van der Waals surface area contributed by atoms with Gasteiger partial charge in [-0.15, -0.1) is 6.58 Å². The summed E-state index contributed by atoms with van der Waals surface area (Å²) in [5.74, 6) is -0.144. The van der Waals surface area contributed by atoms with Crippen molar-refractivity contribution in [3.05, 3.63) is 47.8 Å². The summed E-state index contributed by atoms with van der Waals surface area (Å²) in [4.78, 5) is 0. The molecule has 1 rings (SSSR count). The van der Waals surface area contributed by atoms with Gasteiger partial charge < -0.3 is 5.32 Å². The van der Waals surface area contributed by atoms with E-state index in [1.165, 1.54) is 0 Å². The second kappa shape index (κ2) is 4.91. The molecule has 1 aromatic rings. The van der Waals surface area contributed by atoms with E-state index in [9.17, 15) is 4.39 Å². The van der Waals surface area contributed by atoms with Crippen LogP contribution in [-0.4, -0.2) is 6.54 Å². The van der Waals surface area contributed by atoms with Crippen LogP contribution in [-0.2, 0) is 0 Å². The van der Waals surface area contributed by atoms with Crippen molar-refractivity contribution in [1.29, 1.82) is 0 Å². The highest BCUT2D eigenvalue weighted by molar-refractivity contribution is 5.25. The maximum atomic E-state index is 13.2. The van der Waals surface area contributed by atoms with Crippen LogP contribution >= 0.6 is 0 Å². The Bertz CT molecular complexity index is 320. The lowest BCUT2D eigenvalue weighted by Gasteiger charge is -2.13. The molecule has 0 saturated heterocycles. The van der Waals surface area contributed by atoms with Crippen LogP contribution in [0.5, 0.6) is 0 Å². The quantitative estimate of drug-likeness (QED) is 0.725. The second-order valence-electron chi connectivity index (χ2n) is 3.43. The number of halogens is 1. The van der Waals surface area contributed by atoms with Gasteiger partial charge in [-0.2, -0.15) is 0 Å². The molecule has 0 aromatic heterocycles. The minimum absolute atomic E-state index is 0.144. The van der Waals surface area contributed by atoms with E-state index in [-0.39, 0.29) is 11.9 Å². The van der Waals surface area contributed by atoms with E-state index in [1.54, 1.807) is 25.1 Å². The largest absolute Gasteiger partial charge is 0.307 e. The number of aryl methyl sites for hydroxylation is 1. The van der Waals surface area contributed by atoms with Crippen molar-refractivity contribution < 1.29 is 4.39 Å². The number of rotatable bonds is 4. The molecule has 1 unspecified atom stereocenters. The van der Waals surface area contributed by atoms with Crippen LogP contribution in [0, 0.1) is 12.7 Å². The lowest BCUT2D eigenvalue weighted by molar-refractivity contribution is 0.590. The molecule has 0 amide bonds. The Morgan fingerprint density at radius 1 is 1.57 bits per heavy atom. The minimum Gasteiger partial charge on any atom is -0.307 e. The van der Waals surface area contributed by atoms with Crippen molar-refractivity contribution in [2.24, 2.45) is 0 Å². The molecule has 0 spiro atoms. The molecule has 2 heteroatoms. The highest BCUT2D eigenvalue weighted by atomic mass is 19.1. The van der Waals surface area contributed by atoms with Gasteiger partial charge in [-0.1, -0.05) is 18.2 Å². The number of benzene rings is 1. The van der Waals surface area contributed by atoms with Crippen molar-refractivity contribution in [2.75, 3.05) is 6.54 Å². The maximum absolute atomic E-state index is 13.2. The summed E-state index contributed by atoms with van der Waals surface area (Å²) in [7, 11) is 0. The number of hydrogen-bond donors (Lipinski definition) is 1. The van der Waals surface area contributed by atoms with Gasteiger partial charge in [-0.25, -0.2) is 4.39 Å². The fourth-order valence-electron chi connectivity index (χ4n) is 1.26. The molecule has 0 heterocycles. The number of nitrogens with one attached hydrogen (secondary N) is 1. The molecular weight excluding hydrogens is 177 g/mol. The summed E-state index contributed by atoms with van der Waals surface area (Å²) in [6.07, 6.45) is 1.79. The fraction of sp³-hybridized carbons (Fsp3) is 0.333. The summed E-state index contributed by atoms with van der Waals surface area (Å²) in [6, 6.07) is 5.48. The minimum atomic E-state index is -0.144. The SMILES string of the molecule is C=CCNC(C)c1ccc(C)c(F)c1. The smallest absolute Gasteiger partial charge is 0.126 e. The zero-order chi connectivity index (χ0) is 10.6. The zero-order valence-corrected chi connectivity index (χ0v) is 8.68. The third-order valence-electron chi connectivity index (χ3n) is 2.26. The monoisotopic (exact) mass is 193 g/mol. The van der Waals surface area contributed by atoms with Crippen molar-refractivity contribution in [1.82, 2.24) is 5.32 Å². The van der Waals surface area contributed by atoms with E-state index in [4.69, 9.17) is 0 Å². The molecule has 0 aliphatic rings. The van der Waals surface area contributed by atoms with E-state index < -0.39 is 0 Å². The van der Waals surface area contributed by atoms with Gasteiger partial charge in [0.25, 0.3) is 0 Å². The first-order valence-electron chi connectivity index (χ1n) is 4.75. The molecule has 0 bridgehead atoms. The van der Waals surface area contributed by atoms with Crippen LogP contribution in [0.15, 0.2) is 30.9 Å². The van der Waals surface area contributed by atoms with Gasteiger partial charge in [0.2, 0.25) is 0 Å². The van der Waals surface area contributed by atoms with Gasteiger partial charge in [0.05, 0.1) is 0 Å². The average Bonchev–Trinajstić information content (AvgIpc) is 2.18. The van der Waals surface area contributed by atoms with Crippen molar-refractivity contribution in [3.63, 3.8) is 0 Å². The van der Waals surface area contributed by atoms with E-state index in [0.29, 0.717) is 5.56 Å². The van der Waals surface area contributed by atoms with Crippen molar-refractivity contribution in [3.8, 4) is 0 Å². The van der Waals surface area contributed by atoms with Crippen molar-refractivity contribution in [2.45, 2.75) is 19.9 Å². The third kappa shape index (κ3) is 2.67. The molecule has 1 nitrogen and oxygen atoms in total. The van der Waals surface area contributed by atoms with Crippen LogP contribution in [0.4, 0.5) is 4.39 Å². The van der Waals surface area contributed by atoms with Crippen LogP contribution in [0.25, 0.3) is 0 Å². The highest BCUT2D eigenvalue weighted by Gasteiger charge is 2.05. The van der Waals surface area contributed by atoms with E-state index in [1.807, 2.05) is 13.0 Å². The first kappa shape index (κ1) is 10.9. The fourth-order valence-corrected chi connectivity index (χ4v) is 1.26. The first-order valence-corrected chi connectivity index (χ1v) is 4.75. The maximum Gasteiger partial charge on any atom is 0.126 e. The molecule has 76 valence electrons. The second-order valence-corrected chi connectivity index (χ2v) is 3.43. The van der Waals surface area contributed by atoms with Crippen LogP contribution in [0.2, 0.25) is 0 Å². The summed E-state index contributed by atoms with van der Waals surface area (Å²) in [5.41, 5.74) is 1.65. The van der Waals surface area contributed by atoms with Crippen LogP contribution in [0.3, 0.4) is 0 Å². The molecule has 0 aliphatic carbocycles. The molecule has 14 heavy (non-hydrogen) atoms. The summed E-state index contributed by atoms with van der Waals surface area (Å²) >= 11 is 0. The van der Waals surface area contributed by atoms with Gasteiger partial charge in [-0.3, -0.25) is 0 Å². The molecule has 1 atom stereocenters. The molecule has 1 N–H and O–H groups in total. The normalized spacial score (nSPS) is 12.5. The molecule has 0 fully saturated rings. The summed E-state index contributed by atoms with van der Waals surface area (Å²) < 4.78 is 13.2. The Hall–Kier alpha value is -1.15. The average molecular weight is 193 g/mol. The van der Waals surface area contributed by atoms with Crippen molar-refractivity contribution >= 4 is 0 Å². The summed E-state index contributed by atoms with van der Waals surface area (Å²) in [6.45, 7) is 8.13. The van der Waals surface area contributed by atoms with Gasteiger partial charge in [0, 0.05) is 12.6 Å². The predicted octanol–water partition coefficient (Wildman–Crippen LogP) is 2.97. The topological polar surface area (TPSA) is 12.0 Å². The Morgan fingerprint density at radius 3 is 2.86 bits per heavy atom. The Balaban J connectivity index is 2.75. The molecule has 0 aliphatic heterocycles. The Kier molecular flexibility index (Phi) is 3.84. The van der Waals surface area contributed by atoms with Gasteiger partial charge in [0.15, 0.2) is 0 Å². The van der Waals surface area contributed by atoms with Crippen LogP contribution < -0.4 is 5.32 Å². The summed E-state index contributed by atoms with van der Waals surface area (Å²) in [5, 5.41) is 3.21. The van der Waals surface area contributed by atoms with E-state index in [2.05, 4.69) is 11.9 Å². The zero-order valence-electron chi connectivity index (χ0n) is 8.68. The molecule has 1 aromatic carbocycles. The lowest BCUT2D eigenvalue weighted by atomic mass is 10.1. The number of hydrogen-bond acceptors (Lipinski definition) is 1. The van der Waals surface area contributed by atoms with E-state index in [0.717, 1.165) is 12.1 Å². The lowest BCUT2D eigenvalue weighted by Crippen LogP contribution is -2.18. The highest BCUT2D eigenvalue weighted by Crippen LogP contribution is 2.15. The molecule has 0 radical (unpaired) electrons. The third-order valence-corrected chi connectivity index (χ3v) is 2.26. The Labute approximate surface area is 84.6 Å². The molecular formula is C12H16FN. The van der Waals surface area contributed by atoms with Crippen LogP contribution in [0.1, 0.15) is 24.1 Å². The molecule has 0 saturated carbocycles. The predicted molar refractivity (Wildman–Crippen MR) is 57.8 cm³/mol.